The van der Waals surface area contributed by atoms with Gasteiger partial charge in [-0.15, -0.1) is 0 Å². The molecule has 5 nitrogen and oxygen atoms in total. The summed E-state index contributed by atoms with van der Waals surface area (Å²) in [4.78, 5) is 39.7. The van der Waals surface area contributed by atoms with Gasteiger partial charge in [-0.2, -0.15) is 0 Å². The van der Waals surface area contributed by atoms with Crippen LogP contribution >= 0.6 is 0 Å². The lowest BCUT2D eigenvalue weighted by atomic mass is 9.73. The molecule has 0 bridgehead atoms. The molecule has 228 valence electrons. The molecule has 1 aromatic carbocycles. The molecule has 1 atom stereocenters. The quantitative estimate of drug-likeness (QED) is 0.247. The predicted molar refractivity (Wildman–Crippen MR) is 171 cm³/mol. The van der Waals surface area contributed by atoms with E-state index >= 15 is 0 Å². The van der Waals surface area contributed by atoms with Gasteiger partial charge in [-0.25, -0.2) is 0 Å². The second kappa shape index (κ2) is 12.7. The fourth-order valence-electron chi connectivity index (χ4n) is 6.00. The van der Waals surface area contributed by atoms with Crippen molar-refractivity contribution < 1.29 is 24.6 Å². The predicted octanol–water partition coefficient (Wildman–Crippen LogP) is 8.38. The summed E-state index contributed by atoms with van der Waals surface area (Å²) >= 11 is 0. The van der Waals surface area contributed by atoms with Crippen molar-refractivity contribution in [1.29, 1.82) is 0 Å². The normalized spacial score (nSPS) is 19.8. The molecule has 0 fully saturated rings. The summed E-state index contributed by atoms with van der Waals surface area (Å²) in [5.74, 6) is -0.863. The van der Waals surface area contributed by atoms with Crippen LogP contribution < -0.4 is 0 Å². The highest BCUT2D eigenvalue weighted by molar-refractivity contribution is 6.34. The molecule has 2 N–H and O–H groups in total. The van der Waals surface area contributed by atoms with Crippen molar-refractivity contribution in [3.05, 3.63) is 70.8 Å². The third-order valence-electron chi connectivity index (χ3n) is 8.90. The van der Waals surface area contributed by atoms with E-state index in [9.17, 15) is 24.6 Å². The fourth-order valence-corrected chi connectivity index (χ4v) is 6.00. The van der Waals surface area contributed by atoms with Gasteiger partial charge in [0, 0.05) is 28.6 Å². The van der Waals surface area contributed by atoms with Crippen LogP contribution in [0, 0.1) is 21.7 Å². The molecule has 1 aromatic rings. The first-order valence-electron chi connectivity index (χ1n) is 15.4. The van der Waals surface area contributed by atoms with Gasteiger partial charge in [-0.05, 0) is 79.6 Å². The summed E-state index contributed by atoms with van der Waals surface area (Å²) in [6.45, 7) is 16.1. The topological polar surface area (TPSA) is 91.7 Å². The summed E-state index contributed by atoms with van der Waals surface area (Å²) in [5.41, 5.74) is 2.52. The first-order valence-corrected chi connectivity index (χ1v) is 15.4. The summed E-state index contributed by atoms with van der Waals surface area (Å²) < 4.78 is 0. The number of aliphatic hydroxyl groups excluding tert-OH is 1. The molecule has 0 aromatic heterocycles. The molecule has 0 saturated heterocycles. The van der Waals surface area contributed by atoms with Crippen molar-refractivity contribution >= 4 is 28.7 Å². The molecule has 0 saturated carbocycles. The van der Waals surface area contributed by atoms with Crippen molar-refractivity contribution in [2.75, 3.05) is 6.61 Å². The van der Waals surface area contributed by atoms with E-state index in [1.54, 1.807) is 6.92 Å². The van der Waals surface area contributed by atoms with Crippen LogP contribution in [0.5, 0.6) is 0 Å². The standard InChI is InChI=1S/C37H50O5/c1-9-37(8,33(41)42)19-13-15-26-21-36(6,7)23-30(32(26)40)28-17-11-10-16-27(28)29-22-35(4,5)20-25(31(29)39)14-12-18-34(2,3)24-38/h10-11,16-17,20-23,38H,9,12-15,18-19,24H2,1-8H3,(H,41,42). The van der Waals surface area contributed by atoms with E-state index in [1.165, 1.54) is 0 Å². The van der Waals surface area contributed by atoms with Crippen LogP contribution in [0.15, 0.2) is 59.7 Å². The molecule has 0 aliphatic heterocycles. The number of carboxylic acids is 1. The minimum atomic E-state index is -0.807. The molecule has 0 radical (unpaired) electrons. The van der Waals surface area contributed by atoms with Gasteiger partial charge in [0.1, 0.15) is 0 Å². The molecule has 1 unspecified atom stereocenters. The zero-order valence-corrected chi connectivity index (χ0v) is 26.9. The number of benzene rings is 1. The number of carboxylic acid groups (broad SMARTS) is 1. The zero-order chi connectivity index (χ0) is 31.5. The number of allylic oxidation sites excluding steroid dienone is 8. The Morgan fingerprint density at radius 3 is 1.57 bits per heavy atom. The van der Waals surface area contributed by atoms with E-state index in [-0.39, 0.29) is 34.4 Å². The Bertz CT molecular complexity index is 1350. The Kier molecular flexibility index (Phi) is 10.1. The van der Waals surface area contributed by atoms with E-state index in [4.69, 9.17) is 0 Å². The number of rotatable bonds is 13. The van der Waals surface area contributed by atoms with Crippen LogP contribution in [0.4, 0.5) is 0 Å². The highest BCUT2D eigenvalue weighted by Crippen LogP contribution is 2.42. The van der Waals surface area contributed by atoms with E-state index < -0.39 is 11.4 Å². The van der Waals surface area contributed by atoms with Crippen molar-refractivity contribution in [2.24, 2.45) is 21.7 Å². The first-order chi connectivity index (χ1) is 19.4. The summed E-state index contributed by atoms with van der Waals surface area (Å²) in [6.07, 6.45) is 12.5. The Morgan fingerprint density at radius 1 is 0.762 bits per heavy atom. The lowest BCUT2D eigenvalue weighted by Crippen LogP contribution is -2.27. The molecular formula is C37H50O5. The Balaban J connectivity index is 1.92. The number of aliphatic carboxylic acids is 1. The van der Waals surface area contributed by atoms with E-state index in [0.29, 0.717) is 48.8 Å². The van der Waals surface area contributed by atoms with Gasteiger partial charge in [0.05, 0.1) is 5.41 Å². The fraction of sp³-hybridized carbons (Fsp3) is 0.541. The maximum atomic E-state index is 14.0. The van der Waals surface area contributed by atoms with Crippen molar-refractivity contribution in [3.8, 4) is 0 Å². The van der Waals surface area contributed by atoms with Gasteiger partial charge in [-0.1, -0.05) is 97.0 Å². The lowest BCUT2D eigenvalue weighted by Gasteiger charge is -2.30. The van der Waals surface area contributed by atoms with E-state index in [2.05, 4.69) is 33.8 Å². The highest BCUT2D eigenvalue weighted by atomic mass is 16.4. The molecule has 0 heterocycles. The monoisotopic (exact) mass is 574 g/mol. The highest BCUT2D eigenvalue weighted by Gasteiger charge is 2.34. The SMILES string of the molecule is CCC(C)(CCCC1=CC(C)(C)C=C(c2ccccc2C2=CC(C)(C)C=C(CCCC(C)(C)CO)C2=O)C1=O)C(=O)O. The summed E-state index contributed by atoms with van der Waals surface area (Å²) in [5, 5.41) is 19.3. The molecule has 0 amide bonds. The van der Waals surface area contributed by atoms with Crippen LogP contribution in [-0.2, 0) is 14.4 Å². The van der Waals surface area contributed by atoms with Crippen molar-refractivity contribution in [2.45, 2.75) is 100 Å². The van der Waals surface area contributed by atoms with Gasteiger partial charge in [-0.3, -0.25) is 14.4 Å². The average molecular weight is 575 g/mol. The average Bonchev–Trinajstić information content (AvgIpc) is 2.91. The molecule has 3 rings (SSSR count). The maximum absolute atomic E-state index is 14.0. The Hall–Kier alpha value is -3.05. The number of aliphatic hydroxyl groups is 1. The second-order valence-corrected chi connectivity index (χ2v) is 14.6. The summed E-state index contributed by atoms with van der Waals surface area (Å²) in [7, 11) is 0. The second-order valence-electron chi connectivity index (χ2n) is 14.6. The number of ketones is 2. The van der Waals surface area contributed by atoms with Gasteiger partial charge in [0.2, 0.25) is 0 Å². The molecule has 0 spiro atoms. The zero-order valence-electron chi connectivity index (χ0n) is 26.9. The number of carbonyl (C=O) groups is 3. The minimum absolute atomic E-state index is 0.00464. The molecular weight excluding hydrogens is 524 g/mol. The maximum Gasteiger partial charge on any atom is 0.309 e. The molecule has 5 heteroatoms. The third-order valence-corrected chi connectivity index (χ3v) is 8.90. The first kappa shape index (κ1) is 33.5. The molecule has 2 aliphatic rings. The van der Waals surface area contributed by atoms with E-state index in [1.807, 2.05) is 63.3 Å². The van der Waals surface area contributed by atoms with Gasteiger partial charge >= 0.3 is 5.97 Å². The van der Waals surface area contributed by atoms with Crippen LogP contribution in [0.2, 0.25) is 0 Å². The smallest absolute Gasteiger partial charge is 0.309 e. The molecule has 2 aliphatic carbocycles. The number of hydrogen-bond acceptors (Lipinski definition) is 4. The van der Waals surface area contributed by atoms with Crippen LogP contribution in [0.1, 0.15) is 111 Å². The van der Waals surface area contributed by atoms with Crippen LogP contribution in [0.25, 0.3) is 11.1 Å². The molecule has 42 heavy (non-hydrogen) atoms. The Labute approximate surface area is 252 Å². The lowest BCUT2D eigenvalue weighted by molar-refractivity contribution is -0.148. The van der Waals surface area contributed by atoms with Crippen molar-refractivity contribution in [3.63, 3.8) is 0 Å². The summed E-state index contributed by atoms with van der Waals surface area (Å²) in [6, 6.07) is 7.68. The van der Waals surface area contributed by atoms with E-state index in [0.717, 1.165) is 29.5 Å². The number of Topliss-reactive ketones (excluding diaryl/α,β-unsaturated/α-hetero) is 2. The largest absolute Gasteiger partial charge is 0.481 e. The Morgan fingerprint density at radius 2 is 1.19 bits per heavy atom. The van der Waals surface area contributed by atoms with Gasteiger partial charge in [0.25, 0.3) is 0 Å². The minimum Gasteiger partial charge on any atom is -0.481 e. The number of carbonyl (C=O) groups excluding carboxylic acids is 2. The third kappa shape index (κ3) is 7.86. The van der Waals surface area contributed by atoms with Gasteiger partial charge in [0.15, 0.2) is 11.6 Å². The van der Waals surface area contributed by atoms with Crippen LogP contribution in [0.3, 0.4) is 0 Å². The number of hydrogen-bond donors (Lipinski definition) is 2. The van der Waals surface area contributed by atoms with Crippen molar-refractivity contribution in [1.82, 2.24) is 0 Å². The van der Waals surface area contributed by atoms with Crippen LogP contribution in [-0.4, -0.2) is 34.4 Å². The van der Waals surface area contributed by atoms with Gasteiger partial charge < -0.3 is 10.2 Å².